The van der Waals surface area contributed by atoms with Crippen LogP contribution in [-0.4, -0.2) is 35.9 Å². The lowest BCUT2D eigenvalue weighted by Crippen LogP contribution is -2.28. The first-order valence-electron chi connectivity index (χ1n) is 4.89. The summed E-state index contributed by atoms with van der Waals surface area (Å²) in [5, 5.41) is 15.8. The van der Waals surface area contributed by atoms with Crippen LogP contribution in [0.15, 0.2) is 4.42 Å². The molecule has 0 atom stereocenters. The molecule has 0 spiro atoms. The molecule has 0 aliphatic rings. The van der Waals surface area contributed by atoms with Gasteiger partial charge in [0.25, 0.3) is 0 Å². The van der Waals surface area contributed by atoms with E-state index in [-0.39, 0.29) is 24.6 Å². The molecule has 1 aromatic rings. The van der Waals surface area contributed by atoms with E-state index in [0.29, 0.717) is 0 Å². The largest absolute Gasteiger partial charge is 0.481 e. The van der Waals surface area contributed by atoms with Crippen molar-refractivity contribution < 1.29 is 22.7 Å². The standard InChI is InChI=1S/C9H14N2O5S/c1-9(2,17(3,14)15)8-11-10-6(16-8)4-5-7(12)13/h4-5H2,1-3H3,(H,12,13). The van der Waals surface area contributed by atoms with E-state index in [1.54, 1.807) is 0 Å². The fraction of sp³-hybridized carbons (Fsp3) is 0.667. The summed E-state index contributed by atoms with van der Waals surface area (Å²) < 4.78 is 26.9. The normalized spacial score (nSPS) is 12.6. The number of hydrogen-bond acceptors (Lipinski definition) is 6. The van der Waals surface area contributed by atoms with Crippen LogP contribution in [0.2, 0.25) is 0 Å². The number of aromatic nitrogens is 2. The van der Waals surface area contributed by atoms with Crippen molar-refractivity contribution in [2.24, 2.45) is 0 Å². The second-order valence-electron chi connectivity index (χ2n) is 4.18. The molecule has 1 rings (SSSR count). The number of sulfone groups is 1. The van der Waals surface area contributed by atoms with Gasteiger partial charge in [0, 0.05) is 12.7 Å². The molecule has 0 saturated heterocycles. The third-order valence-electron chi connectivity index (χ3n) is 2.46. The highest BCUT2D eigenvalue weighted by Gasteiger charge is 2.37. The van der Waals surface area contributed by atoms with E-state index >= 15 is 0 Å². The highest BCUT2D eigenvalue weighted by Crippen LogP contribution is 2.27. The lowest BCUT2D eigenvalue weighted by molar-refractivity contribution is -0.137. The number of rotatable bonds is 5. The van der Waals surface area contributed by atoms with E-state index in [1.807, 2.05) is 0 Å². The van der Waals surface area contributed by atoms with Crippen LogP contribution in [0.1, 0.15) is 32.0 Å². The predicted molar refractivity (Wildman–Crippen MR) is 58.1 cm³/mol. The van der Waals surface area contributed by atoms with Crippen LogP contribution in [0.25, 0.3) is 0 Å². The van der Waals surface area contributed by atoms with Crippen LogP contribution in [0.5, 0.6) is 0 Å². The van der Waals surface area contributed by atoms with Crippen LogP contribution >= 0.6 is 0 Å². The van der Waals surface area contributed by atoms with Gasteiger partial charge in [-0.2, -0.15) is 0 Å². The van der Waals surface area contributed by atoms with Gasteiger partial charge in [0.15, 0.2) is 9.84 Å². The van der Waals surface area contributed by atoms with Crippen molar-refractivity contribution in [3.8, 4) is 0 Å². The second kappa shape index (κ2) is 4.44. The molecule has 0 fully saturated rings. The molecule has 17 heavy (non-hydrogen) atoms. The van der Waals surface area contributed by atoms with Crippen LogP contribution in [0.3, 0.4) is 0 Å². The third-order valence-corrected chi connectivity index (χ3v) is 4.49. The summed E-state index contributed by atoms with van der Waals surface area (Å²) in [6.07, 6.45) is 1.03. The summed E-state index contributed by atoms with van der Waals surface area (Å²) in [5.74, 6) is -0.883. The summed E-state index contributed by atoms with van der Waals surface area (Å²) in [5.41, 5.74) is 0. The topological polar surface area (TPSA) is 110 Å². The number of carboxylic acids is 1. The maximum atomic E-state index is 11.5. The van der Waals surface area contributed by atoms with Crippen molar-refractivity contribution in [2.75, 3.05) is 6.26 Å². The van der Waals surface area contributed by atoms with E-state index in [9.17, 15) is 13.2 Å². The maximum absolute atomic E-state index is 11.5. The van der Waals surface area contributed by atoms with E-state index < -0.39 is 20.6 Å². The molecule has 7 nitrogen and oxygen atoms in total. The van der Waals surface area contributed by atoms with Crippen molar-refractivity contribution in [1.29, 1.82) is 0 Å². The highest BCUT2D eigenvalue weighted by atomic mass is 32.2. The molecule has 8 heteroatoms. The number of nitrogens with zero attached hydrogens (tertiary/aromatic N) is 2. The second-order valence-corrected chi connectivity index (χ2v) is 6.74. The smallest absolute Gasteiger partial charge is 0.303 e. The number of aryl methyl sites for hydroxylation is 1. The van der Waals surface area contributed by atoms with E-state index in [1.165, 1.54) is 13.8 Å². The Morgan fingerprint density at radius 2 is 2.00 bits per heavy atom. The first kappa shape index (κ1) is 13.6. The lowest BCUT2D eigenvalue weighted by Gasteiger charge is -2.16. The monoisotopic (exact) mass is 262 g/mol. The van der Waals surface area contributed by atoms with Gasteiger partial charge in [-0.05, 0) is 13.8 Å². The molecule has 0 aliphatic carbocycles. The van der Waals surface area contributed by atoms with Gasteiger partial charge in [0.05, 0.1) is 6.42 Å². The molecule has 0 aromatic carbocycles. The van der Waals surface area contributed by atoms with Gasteiger partial charge < -0.3 is 9.52 Å². The van der Waals surface area contributed by atoms with Crippen LogP contribution < -0.4 is 0 Å². The highest BCUT2D eigenvalue weighted by molar-refractivity contribution is 7.91. The summed E-state index contributed by atoms with van der Waals surface area (Å²) in [6, 6.07) is 0. The molecule has 1 heterocycles. The average Bonchev–Trinajstić information content (AvgIpc) is 2.61. The Morgan fingerprint density at radius 3 is 2.47 bits per heavy atom. The van der Waals surface area contributed by atoms with Gasteiger partial charge in [-0.15, -0.1) is 10.2 Å². The molecule has 0 bridgehead atoms. The minimum Gasteiger partial charge on any atom is -0.481 e. The Labute approximate surface area is 98.8 Å². The van der Waals surface area contributed by atoms with Gasteiger partial charge in [-0.25, -0.2) is 8.42 Å². The quantitative estimate of drug-likeness (QED) is 0.815. The van der Waals surface area contributed by atoms with Gasteiger partial charge in [0.1, 0.15) is 4.75 Å². The SMILES string of the molecule is CC(C)(c1nnc(CCC(=O)O)o1)S(C)(=O)=O. The number of hydrogen-bond donors (Lipinski definition) is 1. The van der Waals surface area contributed by atoms with Crippen molar-refractivity contribution in [1.82, 2.24) is 10.2 Å². The Morgan fingerprint density at radius 1 is 1.41 bits per heavy atom. The van der Waals surface area contributed by atoms with Crippen LogP contribution in [0.4, 0.5) is 0 Å². The van der Waals surface area contributed by atoms with Gasteiger partial charge >= 0.3 is 5.97 Å². The van der Waals surface area contributed by atoms with Crippen molar-refractivity contribution in [3.63, 3.8) is 0 Å². The van der Waals surface area contributed by atoms with Crippen LogP contribution in [-0.2, 0) is 25.8 Å². The molecule has 1 aromatic heterocycles. The number of aliphatic carboxylic acids is 1. The van der Waals surface area contributed by atoms with Gasteiger partial charge in [-0.3, -0.25) is 4.79 Å². The predicted octanol–water partition coefficient (Wildman–Crippen LogP) is 0.366. The Bertz CT molecular complexity index is 517. The van der Waals surface area contributed by atoms with Gasteiger partial charge in [0.2, 0.25) is 11.8 Å². The fourth-order valence-electron chi connectivity index (χ4n) is 0.970. The summed E-state index contributed by atoms with van der Waals surface area (Å²) in [4.78, 5) is 10.3. The molecule has 0 radical (unpaired) electrons. The summed E-state index contributed by atoms with van der Waals surface area (Å²) in [7, 11) is -3.39. The zero-order valence-electron chi connectivity index (χ0n) is 9.80. The number of carboxylic acid groups (broad SMARTS) is 1. The molecule has 96 valence electrons. The first-order chi connectivity index (χ1) is 7.64. The van der Waals surface area contributed by atoms with E-state index in [2.05, 4.69) is 10.2 Å². The minimum atomic E-state index is -3.39. The Balaban J connectivity index is 2.92. The molecular formula is C9H14N2O5S. The maximum Gasteiger partial charge on any atom is 0.303 e. The molecule has 0 unspecified atom stereocenters. The summed E-state index contributed by atoms with van der Waals surface area (Å²) in [6.45, 7) is 2.91. The Kier molecular flexibility index (Phi) is 3.56. The van der Waals surface area contributed by atoms with Crippen molar-refractivity contribution in [3.05, 3.63) is 11.8 Å². The van der Waals surface area contributed by atoms with Crippen molar-refractivity contribution >= 4 is 15.8 Å². The van der Waals surface area contributed by atoms with E-state index in [0.717, 1.165) is 6.26 Å². The zero-order chi connectivity index (χ0) is 13.3. The Hall–Kier alpha value is -1.44. The van der Waals surface area contributed by atoms with Gasteiger partial charge in [-0.1, -0.05) is 0 Å². The molecule has 0 amide bonds. The minimum absolute atomic E-state index is 0.0274. The third kappa shape index (κ3) is 3.02. The number of carbonyl (C=O) groups is 1. The summed E-state index contributed by atoms with van der Waals surface area (Å²) >= 11 is 0. The molecule has 1 N–H and O–H groups in total. The lowest BCUT2D eigenvalue weighted by atomic mass is 10.2. The zero-order valence-corrected chi connectivity index (χ0v) is 10.6. The average molecular weight is 262 g/mol. The fourth-order valence-corrected chi connectivity index (χ4v) is 1.37. The van der Waals surface area contributed by atoms with Crippen LogP contribution in [0, 0.1) is 0 Å². The molecule has 0 saturated carbocycles. The first-order valence-corrected chi connectivity index (χ1v) is 6.78. The molecular weight excluding hydrogens is 248 g/mol. The van der Waals surface area contributed by atoms with E-state index in [4.69, 9.17) is 9.52 Å². The molecule has 0 aliphatic heterocycles. The van der Waals surface area contributed by atoms with Crippen molar-refractivity contribution in [2.45, 2.75) is 31.4 Å².